The summed E-state index contributed by atoms with van der Waals surface area (Å²) in [7, 11) is 1.56. The van der Waals surface area contributed by atoms with E-state index in [1.54, 1.807) is 24.1 Å². The molecule has 2 rings (SSSR count). The van der Waals surface area contributed by atoms with Crippen molar-refractivity contribution in [2.24, 2.45) is 0 Å². The van der Waals surface area contributed by atoms with Crippen LogP contribution >= 0.6 is 0 Å². The lowest BCUT2D eigenvalue weighted by Gasteiger charge is -2.30. The summed E-state index contributed by atoms with van der Waals surface area (Å²) in [4.78, 5) is 26.7. The average Bonchev–Trinajstić information content (AvgIpc) is 2.68. The first-order chi connectivity index (χ1) is 12.5. The number of amides is 2. The van der Waals surface area contributed by atoms with Gasteiger partial charge in [0.2, 0.25) is 11.8 Å². The molecule has 1 N–H and O–H groups in total. The number of nitrogens with zero attached hydrogens (tertiary/aromatic N) is 1. The third kappa shape index (κ3) is 5.41. The number of aryl methyl sites for hydroxylation is 1. The molecular formula is C21H25FN2O2. The zero-order valence-corrected chi connectivity index (χ0v) is 15.2. The lowest BCUT2D eigenvalue weighted by atomic mass is 10.1. The van der Waals surface area contributed by atoms with Crippen molar-refractivity contribution < 1.29 is 14.0 Å². The maximum Gasteiger partial charge on any atom is 0.242 e. The van der Waals surface area contributed by atoms with E-state index >= 15 is 0 Å². The van der Waals surface area contributed by atoms with Crippen molar-refractivity contribution in [2.75, 3.05) is 7.05 Å². The van der Waals surface area contributed by atoms with E-state index in [0.717, 1.165) is 11.1 Å². The third-order valence-electron chi connectivity index (χ3n) is 4.37. The summed E-state index contributed by atoms with van der Waals surface area (Å²) in [6.45, 7) is 2.15. The van der Waals surface area contributed by atoms with E-state index in [1.165, 1.54) is 12.1 Å². The van der Waals surface area contributed by atoms with Crippen LogP contribution in [-0.2, 0) is 22.6 Å². The highest BCUT2D eigenvalue weighted by Gasteiger charge is 2.27. The summed E-state index contributed by atoms with van der Waals surface area (Å²) in [5, 5.41) is 2.63. The molecule has 2 aromatic rings. The number of benzene rings is 2. The second-order valence-electron chi connectivity index (χ2n) is 6.17. The van der Waals surface area contributed by atoms with Crippen LogP contribution in [0, 0.1) is 5.82 Å². The molecule has 0 aliphatic heterocycles. The van der Waals surface area contributed by atoms with Gasteiger partial charge in [-0.15, -0.1) is 0 Å². The van der Waals surface area contributed by atoms with E-state index in [-0.39, 0.29) is 24.2 Å². The van der Waals surface area contributed by atoms with Crippen LogP contribution in [0.25, 0.3) is 0 Å². The van der Waals surface area contributed by atoms with Crippen LogP contribution in [-0.4, -0.2) is 29.8 Å². The van der Waals surface area contributed by atoms with Crippen molar-refractivity contribution in [1.29, 1.82) is 0 Å². The number of carbonyl (C=O) groups is 2. The van der Waals surface area contributed by atoms with Gasteiger partial charge in [0.05, 0.1) is 0 Å². The number of halogens is 1. The lowest BCUT2D eigenvalue weighted by Crippen LogP contribution is -2.48. The molecule has 0 saturated carbocycles. The van der Waals surface area contributed by atoms with Crippen molar-refractivity contribution in [2.45, 2.75) is 38.8 Å². The van der Waals surface area contributed by atoms with Gasteiger partial charge in [-0.3, -0.25) is 9.59 Å². The molecule has 1 unspecified atom stereocenters. The molecule has 0 bridgehead atoms. The summed E-state index contributed by atoms with van der Waals surface area (Å²) >= 11 is 0. The molecule has 2 amide bonds. The molecule has 2 aromatic carbocycles. The second kappa shape index (κ2) is 9.70. The molecule has 5 heteroatoms. The quantitative estimate of drug-likeness (QED) is 0.789. The molecule has 0 saturated heterocycles. The zero-order valence-electron chi connectivity index (χ0n) is 15.2. The Morgan fingerprint density at radius 2 is 1.69 bits per heavy atom. The fraction of sp³-hybridized carbons (Fsp3) is 0.333. The summed E-state index contributed by atoms with van der Waals surface area (Å²) in [6.07, 6.45) is 1.44. The van der Waals surface area contributed by atoms with Crippen LogP contribution < -0.4 is 5.32 Å². The van der Waals surface area contributed by atoms with Gasteiger partial charge in [-0.05, 0) is 36.1 Å². The van der Waals surface area contributed by atoms with Crippen molar-refractivity contribution in [3.63, 3.8) is 0 Å². The Morgan fingerprint density at radius 3 is 2.27 bits per heavy atom. The Labute approximate surface area is 154 Å². The van der Waals surface area contributed by atoms with Crippen LogP contribution in [0.4, 0.5) is 4.39 Å². The first kappa shape index (κ1) is 19.6. The van der Waals surface area contributed by atoms with E-state index < -0.39 is 6.04 Å². The van der Waals surface area contributed by atoms with Crippen LogP contribution in [0.15, 0.2) is 54.6 Å². The maximum atomic E-state index is 13.2. The Balaban J connectivity index is 2.16. The molecule has 0 radical (unpaired) electrons. The molecule has 0 aliphatic rings. The van der Waals surface area contributed by atoms with Gasteiger partial charge in [0.1, 0.15) is 11.9 Å². The SMILES string of the molecule is CCC(C(=O)NC)N(Cc1ccc(F)cc1)C(=O)CCc1ccccc1. The van der Waals surface area contributed by atoms with Crippen LogP contribution in [0.5, 0.6) is 0 Å². The molecule has 0 spiro atoms. The molecule has 26 heavy (non-hydrogen) atoms. The topological polar surface area (TPSA) is 49.4 Å². The number of hydrogen-bond donors (Lipinski definition) is 1. The normalized spacial score (nSPS) is 11.7. The summed E-state index contributed by atoms with van der Waals surface area (Å²) in [5.41, 5.74) is 1.87. The number of nitrogens with one attached hydrogen (secondary N) is 1. The zero-order chi connectivity index (χ0) is 18.9. The van der Waals surface area contributed by atoms with Crippen molar-refractivity contribution >= 4 is 11.8 Å². The van der Waals surface area contributed by atoms with E-state index in [9.17, 15) is 14.0 Å². The maximum absolute atomic E-state index is 13.2. The predicted molar refractivity (Wildman–Crippen MR) is 99.9 cm³/mol. The fourth-order valence-corrected chi connectivity index (χ4v) is 2.91. The summed E-state index contributed by atoms with van der Waals surface area (Å²) < 4.78 is 13.2. The van der Waals surface area contributed by atoms with Gasteiger partial charge in [0.25, 0.3) is 0 Å². The fourth-order valence-electron chi connectivity index (χ4n) is 2.91. The van der Waals surface area contributed by atoms with Gasteiger partial charge in [0.15, 0.2) is 0 Å². The van der Waals surface area contributed by atoms with Gasteiger partial charge >= 0.3 is 0 Å². The van der Waals surface area contributed by atoms with Crippen LogP contribution in [0.1, 0.15) is 30.9 Å². The van der Waals surface area contributed by atoms with Gasteiger partial charge < -0.3 is 10.2 Å². The average molecular weight is 356 g/mol. The minimum Gasteiger partial charge on any atom is -0.357 e. The number of likely N-dealkylation sites (N-methyl/N-ethyl adjacent to an activating group) is 1. The molecule has 0 heterocycles. The Bertz CT molecular complexity index is 717. The lowest BCUT2D eigenvalue weighted by molar-refractivity contribution is -0.141. The Hall–Kier alpha value is -2.69. The molecular weight excluding hydrogens is 331 g/mol. The van der Waals surface area contributed by atoms with Gasteiger partial charge in [-0.25, -0.2) is 4.39 Å². The van der Waals surface area contributed by atoms with Gasteiger partial charge in [-0.2, -0.15) is 0 Å². The largest absolute Gasteiger partial charge is 0.357 e. The van der Waals surface area contributed by atoms with Gasteiger partial charge in [0, 0.05) is 20.0 Å². The van der Waals surface area contributed by atoms with E-state index in [0.29, 0.717) is 19.3 Å². The molecule has 1 atom stereocenters. The monoisotopic (exact) mass is 356 g/mol. The number of carbonyl (C=O) groups excluding carboxylic acids is 2. The first-order valence-electron chi connectivity index (χ1n) is 8.84. The summed E-state index contributed by atoms with van der Waals surface area (Å²) in [6, 6.07) is 15.2. The van der Waals surface area contributed by atoms with Crippen LogP contribution in [0.2, 0.25) is 0 Å². The second-order valence-corrected chi connectivity index (χ2v) is 6.17. The van der Waals surface area contributed by atoms with Crippen molar-refractivity contribution in [3.05, 3.63) is 71.5 Å². The Morgan fingerprint density at radius 1 is 1.04 bits per heavy atom. The highest BCUT2D eigenvalue weighted by atomic mass is 19.1. The number of hydrogen-bond acceptors (Lipinski definition) is 2. The van der Waals surface area contributed by atoms with Crippen molar-refractivity contribution in [1.82, 2.24) is 10.2 Å². The standard InChI is InChI=1S/C21H25FN2O2/c1-3-19(21(26)23-2)24(15-17-9-12-18(22)13-10-17)20(25)14-11-16-7-5-4-6-8-16/h4-10,12-13,19H,3,11,14-15H2,1-2H3,(H,23,26). The van der Waals surface area contributed by atoms with E-state index in [1.807, 2.05) is 37.3 Å². The minimum atomic E-state index is -0.548. The molecule has 4 nitrogen and oxygen atoms in total. The van der Waals surface area contributed by atoms with Crippen molar-refractivity contribution in [3.8, 4) is 0 Å². The molecule has 0 aromatic heterocycles. The first-order valence-corrected chi connectivity index (χ1v) is 8.84. The number of rotatable bonds is 8. The Kier molecular flexibility index (Phi) is 7.33. The predicted octanol–water partition coefficient (Wildman–Crippen LogP) is 3.31. The molecule has 138 valence electrons. The molecule has 0 fully saturated rings. The van der Waals surface area contributed by atoms with E-state index in [4.69, 9.17) is 0 Å². The smallest absolute Gasteiger partial charge is 0.242 e. The summed E-state index contributed by atoms with van der Waals surface area (Å²) in [5.74, 6) is -0.606. The highest BCUT2D eigenvalue weighted by molar-refractivity contribution is 5.87. The van der Waals surface area contributed by atoms with E-state index in [2.05, 4.69) is 5.32 Å². The van der Waals surface area contributed by atoms with Crippen LogP contribution in [0.3, 0.4) is 0 Å². The minimum absolute atomic E-state index is 0.0892. The molecule has 0 aliphatic carbocycles. The highest BCUT2D eigenvalue weighted by Crippen LogP contribution is 2.15. The third-order valence-corrected chi connectivity index (χ3v) is 4.37. The van der Waals surface area contributed by atoms with Gasteiger partial charge in [-0.1, -0.05) is 49.4 Å².